The first kappa shape index (κ1) is 84.7. The number of allylic oxidation sites excluding steroid dienone is 9. The highest BCUT2D eigenvalue weighted by molar-refractivity contribution is 5.76. The van der Waals surface area contributed by atoms with Crippen LogP contribution >= 0.6 is 0 Å². The SMILES string of the molecule is CCCCCCC/C=C\C/C=C\C/C=C\CCCCCCCCC(=O)NC(COC1OC(CO)C(OC2OC(CO)C(OC3OC(CO)C(O)C(O)C3O)C(O)C2O)C(O)C1O)C(O)/C=C/CC/C=C/CCCCCCCCCCCCCCCCCCCCCCC. The van der Waals surface area contributed by atoms with Gasteiger partial charge in [0.2, 0.25) is 5.91 Å². The van der Waals surface area contributed by atoms with Crippen molar-refractivity contribution in [3.63, 3.8) is 0 Å². The van der Waals surface area contributed by atoms with E-state index >= 15 is 0 Å². The summed E-state index contributed by atoms with van der Waals surface area (Å²) in [5, 5.41) is 121. The Labute approximate surface area is 560 Å². The number of carbonyl (C=O) groups is 1. The second kappa shape index (κ2) is 55.4. The number of carbonyl (C=O) groups excluding carboxylic acids is 1. The molecule has 0 radical (unpaired) electrons. The molecule has 3 aliphatic heterocycles. The number of nitrogens with one attached hydrogen (secondary N) is 1. The average Bonchev–Trinajstić information content (AvgIpc) is 1.48. The number of hydrogen-bond donors (Lipinski definition) is 12. The minimum atomic E-state index is -1.98. The molecule has 0 aliphatic carbocycles. The third-order valence-electron chi connectivity index (χ3n) is 18.3. The number of ether oxygens (including phenoxy) is 6. The first-order valence-electron chi connectivity index (χ1n) is 37.0. The number of unbranched alkanes of at least 4 members (excludes halogenated alkanes) is 33. The van der Waals surface area contributed by atoms with Crippen LogP contribution in [0.4, 0.5) is 0 Å². The maximum absolute atomic E-state index is 13.4. The van der Waals surface area contributed by atoms with E-state index in [2.05, 4.69) is 67.8 Å². The highest BCUT2D eigenvalue weighted by Crippen LogP contribution is 2.33. The zero-order valence-corrected chi connectivity index (χ0v) is 57.5. The van der Waals surface area contributed by atoms with E-state index in [1.54, 1.807) is 6.08 Å². The molecule has 17 unspecified atom stereocenters. The molecule has 3 aliphatic rings. The first-order chi connectivity index (χ1) is 45.3. The number of rotatable bonds is 57. The molecule has 1 amide bonds. The first-order valence-corrected chi connectivity index (χ1v) is 37.0. The normalized spacial score (nSPS) is 27.9. The molecule has 0 aromatic heterocycles. The summed E-state index contributed by atoms with van der Waals surface area (Å²) in [6.07, 6.45) is 42.0. The van der Waals surface area contributed by atoms with E-state index in [0.29, 0.717) is 12.8 Å². The van der Waals surface area contributed by atoms with Gasteiger partial charge >= 0.3 is 0 Å². The molecule has 3 rings (SSSR count). The van der Waals surface area contributed by atoms with E-state index < -0.39 is 124 Å². The van der Waals surface area contributed by atoms with Crippen LogP contribution in [0.2, 0.25) is 0 Å². The molecule has 0 aromatic rings. The molecule has 3 heterocycles. The Hall–Kier alpha value is -2.51. The quantitative estimate of drug-likeness (QED) is 0.0199. The molecule has 0 spiro atoms. The van der Waals surface area contributed by atoms with E-state index in [9.17, 15) is 61.0 Å². The Morgan fingerprint density at radius 1 is 0.387 bits per heavy atom. The van der Waals surface area contributed by atoms with Crippen molar-refractivity contribution >= 4 is 5.91 Å². The second-order valence-electron chi connectivity index (χ2n) is 26.4. The molecule has 19 heteroatoms. The summed E-state index contributed by atoms with van der Waals surface area (Å²) in [6.45, 7) is 1.71. The number of amides is 1. The van der Waals surface area contributed by atoms with Crippen molar-refractivity contribution in [2.45, 2.75) is 375 Å². The summed E-state index contributed by atoms with van der Waals surface area (Å²) in [6, 6.07) is -1.00. The highest BCUT2D eigenvalue weighted by Gasteiger charge is 2.53. The van der Waals surface area contributed by atoms with Crippen LogP contribution in [0.3, 0.4) is 0 Å². The zero-order chi connectivity index (χ0) is 67.5. The predicted octanol–water partition coefficient (Wildman–Crippen LogP) is 10.7. The highest BCUT2D eigenvalue weighted by atomic mass is 16.8. The summed E-state index contributed by atoms with van der Waals surface area (Å²) < 4.78 is 34.4. The number of aliphatic hydroxyl groups is 11. The van der Waals surface area contributed by atoms with Crippen molar-refractivity contribution in [3.05, 3.63) is 60.8 Å². The van der Waals surface area contributed by atoms with Crippen LogP contribution in [-0.4, -0.2) is 193 Å². The molecule has 542 valence electrons. The van der Waals surface area contributed by atoms with E-state index in [1.165, 1.54) is 167 Å². The minimum Gasteiger partial charge on any atom is -0.394 e. The van der Waals surface area contributed by atoms with Gasteiger partial charge in [0.25, 0.3) is 0 Å². The Balaban J connectivity index is 1.44. The lowest BCUT2D eigenvalue weighted by atomic mass is 9.96. The lowest BCUT2D eigenvalue weighted by Gasteiger charge is -2.48. The van der Waals surface area contributed by atoms with E-state index in [-0.39, 0.29) is 18.9 Å². The van der Waals surface area contributed by atoms with Crippen LogP contribution in [0.5, 0.6) is 0 Å². The van der Waals surface area contributed by atoms with E-state index in [0.717, 1.165) is 70.6 Å². The molecule has 0 aromatic carbocycles. The van der Waals surface area contributed by atoms with Crippen molar-refractivity contribution in [2.24, 2.45) is 0 Å². The summed E-state index contributed by atoms with van der Waals surface area (Å²) in [4.78, 5) is 13.4. The Morgan fingerprint density at radius 3 is 1.15 bits per heavy atom. The van der Waals surface area contributed by atoms with Gasteiger partial charge in [-0.15, -0.1) is 0 Å². The van der Waals surface area contributed by atoms with Crippen molar-refractivity contribution < 1.29 is 89.4 Å². The third-order valence-corrected chi connectivity index (χ3v) is 18.3. The van der Waals surface area contributed by atoms with Gasteiger partial charge in [-0.05, 0) is 70.6 Å². The molecular weight excluding hydrogens is 1190 g/mol. The van der Waals surface area contributed by atoms with Gasteiger partial charge in [0.1, 0.15) is 73.2 Å². The van der Waals surface area contributed by atoms with Crippen molar-refractivity contribution in [1.29, 1.82) is 0 Å². The van der Waals surface area contributed by atoms with Gasteiger partial charge in [-0.1, -0.05) is 254 Å². The van der Waals surface area contributed by atoms with Crippen LogP contribution in [0, 0.1) is 0 Å². The Kier molecular flexibility index (Phi) is 50.4. The maximum Gasteiger partial charge on any atom is 0.220 e. The van der Waals surface area contributed by atoms with Gasteiger partial charge in [0.15, 0.2) is 18.9 Å². The summed E-state index contributed by atoms with van der Waals surface area (Å²) in [5.74, 6) is -0.297. The number of aliphatic hydroxyl groups excluding tert-OH is 11. The molecule has 0 saturated carbocycles. The summed E-state index contributed by atoms with van der Waals surface area (Å²) in [5.41, 5.74) is 0. The summed E-state index contributed by atoms with van der Waals surface area (Å²) >= 11 is 0. The maximum atomic E-state index is 13.4. The Morgan fingerprint density at radius 2 is 0.720 bits per heavy atom. The van der Waals surface area contributed by atoms with Gasteiger partial charge in [0, 0.05) is 6.42 Å². The fourth-order valence-electron chi connectivity index (χ4n) is 12.3. The van der Waals surface area contributed by atoms with Crippen LogP contribution in [0.25, 0.3) is 0 Å². The summed E-state index contributed by atoms with van der Waals surface area (Å²) in [7, 11) is 0. The van der Waals surface area contributed by atoms with Gasteiger partial charge < -0.3 is 89.9 Å². The smallest absolute Gasteiger partial charge is 0.220 e. The van der Waals surface area contributed by atoms with Gasteiger partial charge in [-0.25, -0.2) is 0 Å². The third kappa shape index (κ3) is 36.8. The van der Waals surface area contributed by atoms with Gasteiger partial charge in [-0.2, -0.15) is 0 Å². The standard InChI is InChI=1S/C74H133NO18/c1-3-5-7-9-11-13-15-17-19-21-23-25-26-27-28-29-30-32-33-35-37-39-41-43-45-47-49-51-58(79)57(75-62(80)52-50-48-46-44-42-40-38-36-34-31-24-22-20-18-16-14-12-10-8-6-4-2)56-88-72-68(86)65(83)70(60(54-77)90-72)93-74-69(87)66(84)71(61(55-78)91-74)92-73-67(85)64(82)63(81)59(53-76)89-73/h16,18,22,24,34,36,41,43,49,51,57-61,63-74,76-79,81-87H,3-15,17,19-21,23,25-33,35,37-40,42,44-48,50,52-56H2,1-2H3,(H,75,80)/b18-16-,24-22-,36-34-,43-41+,51-49+. The lowest BCUT2D eigenvalue weighted by Crippen LogP contribution is -2.66. The van der Waals surface area contributed by atoms with Crippen LogP contribution in [0.1, 0.15) is 271 Å². The van der Waals surface area contributed by atoms with Crippen molar-refractivity contribution in [3.8, 4) is 0 Å². The Bertz CT molecular complexity index is 1920. The minimum absolute atomic E-state index is 0.219. The largest absolute Gasteiger partial charge is 0.394 e. The monoisotopic (exact) mass is 1320 g/mol. The van der Waals surface area contributed by atoms with Crippen LogP contribution in [-0.2, 0) is 33.2 Å². The van der Waals surface area contributed by atoms with E-state index in [1.807, 2.05) is 6.08 Å². The van der Waals surface area contributed by atoms with Gasteiger partial charge in [-0.3, -0.25) is 4.79 Å². The molecule has 3 saturated heterocycles. The van der Waals surface area contributed by atoms with Crippen molar-refractivity contribution in [2.75, 3.05) is 26.4 Å². The second-order valence-corrected chi connectivity index (χ2v) is 26.4. The zero-order valence-electron chi connectivity index (χ0n) is 57.5. The predicted molar refractivity (Wildman–Crippen MR) is 365 cm³/mol. The van der Waals surface area contributed by atoms with E-state index in [4.69, 9.17) is 28.4 Å². The molecule has 17 atom stereocenters. The fourth-order valence-corrected chi connectivity index (χ4v) is 12.3. The lowest BCUT2D eigenvalue weighted by molar-refractivity contribution is -0.379. The van der Waals surface area contributed by atoms with Crippen molar-refractivity contribution in [1.82, 2.24) is 5.32 Å². The molecule has 93 heavy (non-hydrogen) atoms. The molecule has 0 bridgehead atoms. The van der Waals surface area contributed by atoms with Crippen LogP contribution in [0.15, 0.2) is 60.8 Å². The fraction of sp³-hybridized carbons (Fsp3) is 0.851. The molecule has 12 N–H and O–H groups in total. The van der Waals surface area contributed by atoms with Gasteiger partial charge in [0.05, 0.1) is 38.6 Å². The molecule has 19 nitrogen and oxygen atoms in total. The van der Waals surface area contributed by atoms with Crippen LogP contribution < -0.4 is 5.32 Å². The average molecular weight is 1320 g/mol. The molecular formula is C74H133NO18. The molecule has 3 fully saturated rings. The number of hydrogen-bond acceptors (Lipinski definition) is 18. The topological polar surface area (TPSA) is 307 Å².